The molecular formula is C22H16ClF2N7O. The molecular weight excluding hydrogens is 452 g/mol. The van der Waals surface area contributed by atoms with Gasteiger partial charge in [-0.15, -0.1) is 0 Å². The van der Waals surface area contributed by atoms with Crippen molar-refractivity contribution in [1.82, 2.24) is 29.5 Å². The van der Waals surface area contributed by atoms with Gasteiger partial charge >= 0.3 is 0 Å². The third-order valence-corrected chi connectivity index (χ3v) is 5.66. The smallest absolute Gasteiger partial charge is 0.267 e. The Morgan fingerprint density at radius 3 is 2.67 bits per heavy atom. The zero-order valence-electron chi connectivity index (χ0n) is 17.2. The number of aromatic amines is 1. The predicted octanol–water partition coefficient (Wildman–Crippen LogP) is 4.55. The largest absolute Gasteiger partial charge is 0.358 e. The maximum Gasteiger partial charge on any atom is 0.267 e. The van der Waals surface area contributed by atoms with Crippen LogP contribution in [0.15, 0.2) is 53.8 Å². The second-order valence-corrected chi connectivity index (χ2v) is 7.65. The van der Waals surface area contributed by atoms with Gasteiger partial charge in [0.1, 0.15) is 29.3 Å². The monoisotopic (exact) mass is 467 g/mol. The molecule has 0 bridgehead atoms. The fourth-order valence-corrected chi connectivity index (χ4v) is 3.92. The van der Waals surface area contributed by atoms with E-state index in [1.165, 1.54) is 47.6 Å². The summed E-state index contributed by atoms with van der Waals surface area (Å²) in [7, 11) is 0. The number of nitrogens with one attached hydrogen (secondary N) is 2. The van der Waals surface area contributed by atoms with Crippen LogP contribution >= 0.6 is 11.6 Å². The van der Waals surface area contributed by atoms with Crippen LogP contribution in [0.25, 0.3) is 27.8 Å². The number of hydrogen-bond donors (Lipinski definition) is 2. The van der Waals surface area contributed by atoms with Crippen LogP contribution in [0.5, 0.6) is 0 Å². The van der Waals surface area contributed by atoms with E-state index < -0.39 is 23.2 Å². The Labute approximate surface area is 190 Å². The number of halogens is 3. The van der Waals surface area contributed by atoms with Crippen molar-refractivity contribution < 1.29 is 8.78 Å². The molecule has 0 fully saturated rings. The molecule has 0 aliphatic carbocycles. The fourth-order valence-electron chi connectivity index (χ4n) is 3.68. The summed E-state index contributed by atoms with van der Waals surface area (Å²) in [5.74, 6) is -0.413. The van der Waals surface area contributed by atoms with Crippen LogP contribution in [0.4, 0.5) is 14.6 Å². The van der Waals surface area contributed by atoms with Gasteiger partial charge in [0.15, 0.2) is 11.5 Å². The van der Waals surface area contributed by atoms with E-state index in [9.17, 15) is 13.6 Å². The first-order valence-corrected chi connectivity index (χ1v) is 10.4. The average Bonchev–Trinajstić information content (AvgIpc) is 3.30. The van der Waals surface area contributed by atoms with Gasteiger partial charge in [-0.1, -0.05) is 18.5 Å². The zero-order valence-corrected chi connectivity index (χ0v) is 17.9. The highest BCUT2D eigenvalue weighted by atomic mass is 35.5. The highest BCUT2D eigenvalue weighted by Crippen LogP contribution is 2.28. The molecule has 8 nitrogen and oxygen atoms in total. The fraction of sp³-hybridized carbons (Fsp3) is 0.136. The van der Waals surface area contributed by atoms with Gasteiger partial charge in [-0.05, 0) is 42.8 Å². The molecule has 0 saturated heterocycles. The van der Waals surface area contributed by atoms with E-state index in [-0.39, 0.29) is 15.9 Å². The van der Waals surface area contributed by atoms with Crippen molar-refractivity contribution in [3.8, 4) is 5.69 Å². The molecule has 0 aliphatic rings. The second kappa shape index (κ2) is 8.21. The predicted molar refractivity (Wildman–Crippen MR) is 121 cm³/mol. The van der Waals surface area contributed by atoms with Gasteiger partial charge in [0, 0.05) is 0 Å². The van der Waals surface area contributed by atoms with E-state index in [1.54, 1.807) is 0 Å². The summed E-state index contributed by atoms with van der Waals surface area (Å²) >= 11 is 6.13. The summed E-state index contributed by atoms with van der Waals surface area (Å²) in [5, 5.41) is 2.90. The minimum absolute atomic E-state index is 0.0590. The molecule has 0 aliphatic heterocycles. The third kappa shape index (κ3) is 3.58. The second-order valence-electron chi connectivity index (χ2n) is 7.27. The first-order valence-electron chi connectivity index (χ1n) is 10.0. The number of anilines is 1. The number of benzene rings is 2. The maximum atomic E-state index is 14.2. The summed E-state index contributed by atoms with van der Waals surface area (Å²) in [6, 6.07) is 7.42. The number of H-pyrrole nitrogens is 1. The molecule has 1 atom stereocenters. The van der Waals surface area contributed by atoms with Crippen LogP contribution in [-0.2, 0) is 0 Å². The minimum atomic E-state index is -0.728. The number of imidazole rings is 1. The molecule has 5 rings (SSSR count). The first-order chi connectivity index (χ1) is 16.0. The summed E-state index contributed by atoms with van der Waals surface area (Å²) in [6.07, 6.45) is 3.40. The van der Waals surface area contributed by atoms with Gasteiger partial charge < -0.3 is 10.3 Å². The molecule has 33 heavy (non-hydrogen) atoms. The Kier molecular flexibility index (Phi) is 5.21. The number of aromatic nitrogens is 6. The van der Waals surface area contributed by atoms with E-state index in [1.807, 2.05) is 6.92 Å². The molecule has 2 N–H and O–H groups in total. The van der Waals surface area contributed by atoms with Crippen molar-refractivity contribution in [3.05, 3.63) is 81.9 Å². The van der Waals surface area contributed by atoms with Gasteiger partial charge in [0.25, 0.3) is 5.56 Å². The topological polar surface area (TPSA) is 101 Å². The average molecular weight is 468 g/mol. The van der Waals surface area contributed by atoms with E-state index in [2.05, 4.69) is 30.2 Å². The molecule has 0 amide bonds. The van der Waals surface area contributed by atoms with Crippen molar-refractivity contribution in [2.75, 3.05) is 5.32 Å². The Morgan fingerprint density at radius 1 is 1.12 bits per heavy atom. The Hall–Kier alpha value is -3.92. The lowest BCUT2D eigenvalue weighted by Gasteiger charge is -2.22. The zero-order chi connectivity index (χ0) is 23.1. The van der Waals surface area contributed by atoms with Crippen molar-refractivity contribution in [1.29, 1.82) is 0 Å². The molecule has 3 aromatic heterocycles. The lowest BCUT2D eigenvalue weighted by molar-refractivity contribution is 0.624. The lowest BCUT2D eigenvalue weighted by atomic mass is 10.1. The van der Waals surface area contributed by atoms with Gasteiger partial charge in [0.05, 0.1) is 34.0 Å². The molecule has 2 aromatic carbocycles. The van der Waals surface area contributed by atoms with Gasteiger partial charge in [-0.25, -0.2) is 28.7 Å². The molecule has 0 spiro atoms. The standard InChI is InChI=1S/C22H16ClF2N7O/c1-2-14(30-20-18-19(27-9-26-18)28-10-29-20)21-31-15-8-7-13(25)17(23)16(15)22(33)32(21)12-5-3-11(24)4-6-12/h3-10,14H,2H2,1H3,(H2,26,27,28,29,30)/t14-/m0/s1. The number of nitrogens with zero attached hydrogens (tertiary/aromatic N) is 5. The third-order valence-electron chi connectivity index (χ3n) is 5.29. The SMILES string of the molecule is CC[C@H](Nc1ncnc2[nH]cnc12)c1nc2ccc(F)c(Cl)c2c(=O)n1-c1ccc(F)cc1. The number of fused-ring (bicyclic) bond motifs is 2. The van der Waals surface area contributed by atoms with Crippen molar-refractivity contribution in [2.45, 2.75) is 19.4 Å². The molecule has 3 heterocycles. The van der Waals surface area contributed by atoms with E-state index in [4.69, 9.17) is 11.6 Å². The van der Waals surface area contributed by atoms with E-state index in [0.717, 1.165) is 6.07 Å². The summed E-state index contributed by atoms with van der Waals surface area (Å²) in [4.78, 5) is 33.8. The summed E-state index contributed by atoms with van der Waals surface area (Å²) < 4.78 is 29.0. The quantitative estimate of drug-likeness (QED) is 0.393. The van der Waals surface area contributed by atoms with E-state index in [0.29, 0.717) is 34.9 Å². The summed E-state index contributed by atoms with van der Waals surface area (Å²) in [5.41, 5.74) is 1.11. The Morgan fingerprint density at radius 2 is 1.91 bits per heavy atom. The van der Waals surface area contributed by atoms with Gasteiger partial charge in [-0.3, -0.25) is 9.36 Å². The highest BCUT2D eigenvalue weighted by molar-refractivity contribution is 6.35. The van der Waals surface area contributed by atoms with Crippen molar-refractivity contribution >= 4 is 39.5 Å². The van der Waals surface area contributed by atoms with Gasteiger partial charge in [0.2, 0.25) is 0 Å². The molecule has 0 unspecified atom stereocenters. The van der Waals surface area contributed by atoms with Crippen LogP contribution in [-0.4, -0.2) is 29.5 Å². The number of hydrogen-bond acceptors (Lipinski definition) is 6. The van der Waals surface area contributed by atoms with Crippen LogP contribution in [0.3, 0.4) is 0 Å². The Balaban J connectivity index is 1.75. The maximum absolute atomic E-state index is 14.2. The molecule has 0 radical (unpaired) electrons. The van der Waals surface area contributed by atoms with Crippen molar-refractivity contribution in [3.63, 3.8) is 0 Å². The van der Waals surface area contributed by atoms with Crippen LogP contribution in [0.1, 0.15) is 25.2 Å². The molecule has 11 heteroatoms. The van der Waals surface area contributed by atoms with Gasteiger partial charge in [-0.2, -0.15) is 0 Å². The molecule has 5 aromatic rings. The highest BCUT2D eigenvalue weighted by Gasteiger charge is 2.23. The van der Waals surface area contributed by atoms with E-state index >= 15 is 0 Å². The molecule has 166 valence electrons. The molecule has 0 saturated carbocycles. The van der Waals surface area contributed by atoms with Crippen LogP contribution in [0.2, 0.25) is 5.02 Å². The minimum Gasteiger partial charge on any atom is -0.358 e. The summed E-state index contributed by atoms with van der Waals surface area (Å²) in [6.45, 7) is 1.91. The van der Waals surface area contributed by atoms with Crippen LogP contribution < -0.4 is 10.9 Å². The Bertz CT molecular complexity index is 1550. The first kappa shape index (κ1) is 21.0. The van der Waals surface area contributed by atoms with Crippen molar-refractivity contribution in [2.24, 2.45) is 0 Å². The normalized spacial score (nSPS) is 12.4. The number of rotatable bonds is 5. The van der Waals surface area contributed by atoms with Crippen LogP contribution in [0, 0.1) is 11.6 Å². The lowest BCUT2D eigenvalue weighted by Crippen LogP contribution is -2.28.